The fourth-order valence-electron chi connectivity index (χ4n) is 2.19. The van der Waals surface area contributed by atoms with Crippen molar-refractivity contribution in [2.75, 3.05) is 11.1 Å². The molecule has 0 unspecified atom stereocenters. The van der Waals surface area contributed by atoms with Crippen LogP contribution in [0.4, 0.5) is 5.69 Å². The van der Waals surface area contributed by atoms with Gasteiger partial charge in [0.1, 0.15) is 0 Å². The number of aryl methyl sites for hydroxylation is 1. The van der Waals surface area contributed by atoms with Crippen LogP contribution in [0.1, 0.15) is 30.5 Å². The first-order valence-electron chi connectivity index (χ1n) is 8.28. The largest absolute Gasteiger partial charge is 0.326 e. The molecule has 2 aromatic rings. The minimum absolute atomic E-state index is 0.112. The van der Waals surface area contributed by atoms with E-state index in [1.807, 2.05) is 19.1 Å². The van der Waals surface area contributed by atoms with Crippen molar-refractivity contribution >= 4 is 35.0 Å². The zero-order valence-corrected chi connectivity index (χ0v) is 16.0. The third-order valence-electron chi connectivity index (χ3n) is 3.59. The van der Waals surface area contributed by atoms with E-state index in [9.17, 15) is 9.59 Å². The zero-order valence-electron chi connectivity index (χ0n) is 15.2. The molecule has 0 aliphatic carbocycles. The lowest BCUT2D eigenvalue weighted by Gasteiger charge is -2.05. The number of hydrogen-bond acceptors (Lipinski definition) is 4. The van der Waals surface area contributed by atoms with E-state index in [4.69, 9.17) is 0 Å². The molecule has 6 heteroatoms. The normalized spacial score (nSPS) is 11.1. The molecule has 2 amide bonds. The van der Waals surface area contributed by atoms with Crippen molar-refractivity contribution < 1.29 is 9.59 Å². The molecule has 0 saturated heterocycles. The van der Waals surface area contributed by atoms with Gasteiger partial charge >= 0.3 is 0 Å². The second kappa shape index (κ2) is 9.77. The highest BCUT2D eigenvalue weighted by Gasteiger charge is 2.03. The van der Waals surface area contributed by atoms with Crippen LogP contribution in [0.25, 0.3) is 0 Å². The second-order valence-electron chi connectivity index (χ2n) is 5.97. The topological polar surface area (TPSA) is 70.6 Å². The summed E-state index contributed by atoms with van der Waals surface area (Å²) in [5.74, 6) is 0.905. The van der Waals surface area contributed by atoms with Gasteiger partial charge in [0.2, 0.25) is 11.8 Å². The number of carbonyl (C=O) groups is 2. The van der Waals surface area contributed by atoms with Gasteiger partial charge in [-0.15, -0.1) is 11.8 Å². The molecule has 0 saturated carbocycles. The first kappa shape index (κ1) is 19.7. The highest BCUT2D eigenvalue weighted by molar-refractivity contribution is 7.99. The third-order valence-corrected chi connectivity index (χ3v) is 4.60. The molecule has 0 fully saturated rings. The van der Waals surface area contributed by atoms with Gasteiger partial charge in [-0.1, -0.05) is 42.0 Å². The number of amides is 2. The molecule has 0 aromatic heterocycles. The van der Waals surface area contributed by atoms with E-state index in [0.29, 0.717) is 11.5 Å². The summed E-state index contributed by atoms with van der Waals surface area (Å²) in [6.45, 7) is 5.35. The summed E-state index contributed by atoms with van der Waals surface area (Å²) in [7, 11) is 0. The molecular weight excluding hydrogens is 346 g/mol. The molecule has 0 aliphatic heterocycles. The summed E-state index contributed by atoms with van der Waals surface area (Å²) < 4.78 is 0. The minimum Gasteiger partial charge on any atom is -0.326 e. The van der Waals surface area contributed by atoms with Gasteiger partial charge in [0.25, 0.3) is 0 Å². The number of nitrogens with one attached hydrogen (secondary N) is 2. The fourth-order valence-corrected chi connectivity index (χ4v) is 2.97. The van der Waals surface area contributed by atoms with E-state index < -0.39 is 0 Å². The van der Waals surface area contributed by atoms with Crippen molar-refractivity contribution in [1.82, 2.24) is 5.43 Å². The predicted octanol–water partition coefficient (Wildman–Crippen LogP) is 3.73. The van der Waals surface area contributed by atoms with Crippen LogP contribution < -0.4 is 10.7 Å². The quantitative estimate of drug-likeness (QED) is 0.577. The molecule has 2 aromatic carbocycles. The maximum atomic E-state index is 11.9. The van der Waals surface area contributed by atoms with Gasteiger partial charge in [0, 0.05) is 18.4 Å². The Hall–Kier alpha value is -2.60. The van der Waals surface area contributed by atoms with Crippen LogP contribution in [-0.4, -0.2) is 23.3 Å². The van der Waals surface area contributed by atoms with Crippen molar-refractivity contribution in [1.29, 1.82) is 0 Å². The van der Waals surface area contributed by atoms with Crippen molar-refractivity contribution in [3.8, 4) is 0 Å². The van der Waals surface area contributed by atoms with E-state index >= 15 is 0 Å². The van der Waals surface area contributed by atoms with Crippen molar-refractivity contribution in [2.45, 2.75) is 26.5 Å². The molecule has 0 spiro atoms. The summed E-state index contributed by atoms with van der Waals surface area (Å²) >= 11 is 1.55. The van der Waals surface area contributed by atoms with Gasteiger partial charge < -0.3 is 5.32 Å². The molecule has 2 N–H and O–H groups in total. The van der Waals surface area contributed by atoms with Crippen LogP contribution in [0.2, 0.25) is 0 Å². The Morgan fingerprint density at radius 2 is 1.65 bits per heavy atom. The lowest BCUT2D eigenvalue weighted by Crippen LogP contribution is -2.21. The Morgan fingerprint density at radius 1 is 1.00 bits per heavy atom. The number of thioether (sulfide) groups is 1. The van der Waals surface area contributed by atoms with E-state index in [2.05, 4.69) is 47.0 Å². The number of rotatable bonds is 7. The molecule has 0 atom stereocenters. The standard InChI is InChI=1S/C20H23N3O2S/c1-14-4-6-17(7-5-14)12-26-13-20(25)23-22-15(2)18-8-10-19(11-9-18)21-16(3)24/h4-11H,12-13H2,1-3H3,(H,21,24)(H,23,25)/b22-15+. The molecule has 26 heavy (non-hydrogen) atoms. The number of benzene rings is 2. The molecular formula is C20H23N3O2S. The van der Waals surface area contributed by atoms with Gasteiger partial charge in [-0.25, -0.2) is 5.43 Å². The maximum Gasteiger partial charge on any atom is 0.250 e. The lowest BCUT2D eigenvalue weighted by molar-refractivity contribution is -0.118. The highest BCUT2D eigenvalue weighted by atomic mass is 32.2. The summed E-state index contributed by atoms with van der Waals surface area (Å²) in [6, 6.07) is 15.6. The second-order valence-corrected chi connectivity index (χ2v) is 6.95. The summed E-state index contributed by atoms with van der Waals surface area (Å²) in [5, 5.41) is 6.85. The van der Waals surface area contributed by atoms with Gasteiger partial charge in [-0.05, 0) is 37.1 Å². The zero-order chi connectivity index (χ0) is 18.9. The van der Waals surface area contributed by atoms with E-state index in [-0.39, 0.29) is 11.8 Å². The van der Waals surface area contributed by atoms with Crippen molar-refractivity contribution in [3.63, 3.8) is 0 Å². The summed E-state index contributed by atoms with van der Waals surface area (Å²) in [5.41, 5.74) is 7.32. The van der Waals surface area contributed by atoms with Crippen LogP contribution in [0, 0.1) is 6.92 Å². The monoisotopic (exact) mass is 369 g/mol. The Kier molecular flexibility index (Phi) is 7.41. The molecule has 0 heterocycles. The van der Waals surface area contributed by atoms with Gasteiger partial charge in [0.15, 0.2) is 0 Å². The van der Waals surface area contributed by atoms with Crippen LogP contribution in [0.5, 0.6) is 0 Å². The van der Waals surface area contributed by atoms with Crippen LogP contribution in [0.15, 0.2) is 53.6 Å². The predicted molar refractivity (Wildman–Crippen MR) is 108 cm³/mol. The maximum absolute atomic E-state index is 11.9. The third kappa shape index (κ3) is 6.72. The lowest BCUT2D eigenvalue weighted by atomic mass is 10.1. The smallest absolute Gasteiger partial charge is 0.250 e. The van der Waals surface area contributed by atoms with Gasteiger partial charge in [-0.3, -0.25) is 9.59 Å². The molecule has 136 valence electrons. The molecule has 0 aliphatic rings. The Balaban J connectivity index is 1.79. The van der Waals surface area contributed by atoms with Crippen LogP contribution >= 0.6 is 11.8 Å². The SMILES string of the molecule is CC(=O)Nc1ccc(/C(C)=N/NC(=O)CSCc2ccc(C)cc2)cc1. The van der Waals surface area contributed by atoms with E-state index in [1.54, 1.807) is 23.9 Å². The number of hydrogen-bond donors (Lipinski definition) is 2. The van der Waals surface area contributed by atoms with Crippen LogP contribution in [-0.2, 0) is 15.3 Å². The Labute approximate surface area is 158 Å². The molecule has 2 rings (SSSR count). The number of carbonyl (C=O) groups excluding carboxylic acids is 2. The van der Waals surface area contributed by atoms with E-state index in [1.165, 1.54) is 18.1 Å². The summed E-state index contributed by atoms with van der Waals surface area (Å²) in [4.78, 5) is 22.9. The number of anilines is 1. The van der Waals surface area contributed by atoms with Gasteiger partial charge in [0.05, 0.1) is 11.5 Å². The molecule has 0 bridgehead atoms. The first-order valence-corrected chi connectivity index (χ1v) is 9.44. The average Bonchev–Trinajstić information content (AvgIpc) is 2.61. The summed E-state index contributed by atoms with van der Waals surface area (Å²) in [6.07, 6.45) is 0. The van der Waals surface area contributed by atoms with Crippen molar-refractivity contribution in [2.24, 2.45) is 5.10 Å². The number of hydrazone groups is 1. The van der Waals surface area contributed by atoms with Gasteiger partial charge in [-0.2, -0.15) is 5.10 Å². The van der Waals surface area contributed by atoms with E-state index in [0.717, 1.165) is 17.0 Å². The Bertz CT molecular complexity index is 784. The van der Waals surface area contributed by atoms with Crippen LogP contribution in [0.3, 0.4) is 0 Å². The highest BCUT2D eigenvalue weighted by Crippen LogP contribution is 2.13. The fraction of sp³-hybridized carbons (Fsp3) is 0.250. The van der Waals surface area contributed by atoms with Crippen molar-refractivity contribution in [3.05, 3.63) is 65.2 Å². The number of nitrogens with zero attached hydrogens (tertiary/aromatic N) is 1. The molecule has 5 nitrogen and oxygen atoms in total. The average molecular weight is 369 g/mol. The minimum atomic E-state index is -0.128. The molecule has 0 radical (unpaired) electrons. The Morgan fingerprint density at radius 3 is 2.27 bits per heavy atom. The first-order chi connectivity index (χ1) is 12.4.